The van der Waals surface area contributed by atoms with E-state index >= 15 is 0 Å². The van der Waals surface area contributed by atoms with Crippen molar-refractivity contribution in [3.05, 3.63) is 188 Å². The first-order chi connectivity index (χ1) is 24.8. The van der Waals surface area contributed by atoms with Gasteiger partial charge in [0.1, 0.15) is 11.2 Å². The maximum absolute atomic E-state index is 6.42. The second kappa shape index (κ2) is 11.5. The van der Waals surface area contributed by atoms with Crippen LogP contribution in [0.1, 0.15) is 0 Å². The quantitative estimate of drug-likeness (QED) is 0.175. The molecular weight excluding hydrogens is 607 g/mol. The van der Waals surface area contributed by atoms with Crippen LogP contribution in [0.5, 0.6) is 0 Å². The summed E-state index contributed by atoms with van der Waals surface area (Å²) in [6, 6.07) is 67.6. The Kier molecular flexibility index (Phi) is 6.53. The van der Waals surface area contributed by atoms with Crippen molar-refractivity contribution in [1.29, 1.82) is 0 Å². The Morgan fingerprint density at radius 3 is 1.82 bits per heavy atom. The number of benzene rings is 9. The summed E-state index contributed by atoms with van der Waals surface area (Å²) >= 11 is 0. The molecule has 50 heavy (non-hydrogen) atoms. The molecule has 0 spiro atoms. The van der Waals surface area contributed by atoms with Gasteiger partial charge in [-0.05, 0) is 80.0 Å². The number of para-hydroxylation sites is 2. The van der Waals surface area contributed by atoms with Crippen molar-refractivity contribution in [2.24, 2.45) is 0 Å². The van der Waals surface area contributed by atoms with E-state index in [2.05, 4.69) is 181 Å². The normalized spacial score (nSPS) is 11.6. The van der Waals surface area contributed by atoms with Gasteiger partial charge in [-0.3, -0.25) is 0 Å². The van der Waals surface area contributed by atoms with Crippen LogP contribution in [0.4, 0.5) is 17.1 Å². The largest absolute Gasteiger partial charge is 0.455 e. The first-order valence-corrected chi connectivity index (χ1v) is 17.1. The first-order valence-electron chi connectivity index (χ1n) is 17.1. The van der Waals surface area contributed by atoms with Crippen LogP contribution in [0, 0.1) is 0 Å². The number of fused-ring (bicyclic) bond motifs is 7. The lowest BCUT2D eigenvalue weighted by atomic mass is 9.96. The average molecular weight is 638 g/mol. The summed E-state index contributed by atoms with van der Waals surface area (Å²) < 4.78 is 6.42. The molecule has 234 valence electrons. The van der Waals surface area contributed by atoms with E-state index in [1.165, 1.54) is 43.4 Å². The summed E-state index contributed by atoms with van der Waals surface area (Å²) in [4.78, 5) is 2.41. The molecule has 9 aromatic carbocycles. The molecular formula is C48H31NO. The van der Waals surface area contributed by atoms with Crippen LogP contribution < -0.4 is 4.90 Å². The molecule has 1 aromatic heterocycles. The molecule has 0 atom stereocenters. The molecule has 0 bridgehead atoms. The van der Waals surface area contributed by atoms with Crippen LogP contribution >= 0.6 is 0 Å². The second-order valence-corrected chi connectivity index (χ2v) is 12.9. The third-order valence-electron chi connectivity index (χ3n) is 10.0. The van der Waals surface area contributed by atoms with Gasteiger partial charge in [-0.25, -0.2) is 0 Å². The standard InChI is InChI=1S/C48H31NO/c1-3-17-38-32(12-1)14-10-22-39(38)34-15-9-16-37(30-34)49(46-31-35-13-2-4-18-40(35)42-19-5-6-20-43(42)46)36-28-26-33(27-29-36)41-23-11-24-45-44-21-7-8-25-47(44)50-48(41)45/h1-31H. The van der Waals surface area contributed by atoms with Gasteiger partial charge in [0.2, 0.25) is 0 Å². The highest BCUT2D eigenvalue weighted by molar-refractivity contribution is 6.15. The molecule has 0 aliphatic carbocycles. The maximum Gasteiger partial charge on any atom is 0.143 e. The Labute approximate surface area is 290 Å². The Balaban J connectivity index is 1.18. The zero-order valence-corrected chi connectivity index (χ0v) is 27.3. The van der Waals surface area contributed by atoms with Crippen molar-refractivity contribution in [2.75, 3.05) is 4.90 Å². The lowest BCUT2D eigenvalue weighted by molar-refractivity contribution is 0.670. The monoisotopic (exact) mass is 637 g/mol. The van der Waals surface area contributed by atoms with E-state index in [1.807, 2.05) is 12.1 Å². The summed E-state index contributed by atoms with van der Waals surface area (Å²) in [6.07, 6.45) is 0. The van der Waals surface area contributed by atoms with Gasteiger partial charge in [-0.2, -0.15) is 0 Å². The van der Waals surface area contributed by atoms with Crippen molar-refractivity contribution in [3.63, 3.8) is 0 Å². The summed E-state index contributed by atoms with van der Waals surface area (Å²) in [6.45, 7) is 0. The van der Waals surface area contributed by atoms with Gasteiger partial charge < -0.3 is 9.32 Å². The zero-order valence-electron chi connectivity index (χ0n) is 27.3. The minimum Gasteiger partial charge on any atom is -0.455 e. The molecule has 0 aliphatic heterocycles. The summed E-state index contributed by atoms with van der Waals surface area (Å²) in [7, 11) is 0. The highest BCUT2D eigenvalue weighted by atomic mass is 16.3. The molecule has 0 unspecified atom stereocenters. The van der Waals surface area contributed by atoms with E-state index in [0.717, 1.165) is 50.1 Å². The average Bonchev–Trinajstić information content (AvgIpc) is 3.57. The van der Waals surface area contributed by atoms with Gasteiger partial charge in [0.15, 0.2) is 0 Å². The van der Waals surface area contributed by atoms with Gasteiger partial charge in [0, 0.05) is 33.1 Å². The van der Waals surface area contributed by atoms with Crippen LogP contribution in [0.3, 0.4) is 0 Å². The Bertz CT molecular complexity index is 2870. The second-order valence-electron chi connectivity index (χ2n) is 12.9. The van der Waals surface area contributed by atoms with Crippen LogP contribution in [-0.2, 0) is 0 Å². The molecule has 0 saturated heterocycles. The van der Waals surface area contributed by atoms with Gasteiger partial charge in [0.05, 0.1) is 5.69 Å². The minimum absolute atomic E-state index is 0.909. The lowest BCUT2D eigenvalue weighted by Crippen LogP contribution is -2.11. The Morgan fingerprint density at radius 1 is 0.340 bits per heavy atom. The molecule has 2 nitrogen and oxygen atoms in total. The molecule has 1 heterocycles. The van der Waals surface area contributed by atoms with E-state index in [4.69, 9.17) is 4.42 Å². The smallest absolute Gasteiger partial charge is 0.143 e. The number of furan rings is 1. The summed E-state index contributed by atoms with van der Waals surface area (Å²) in [5.74, 6) is 0. The maximum atomic E-state index is 6.42. The van der Waals surface area contributed by atoms with Crippen molar-refractivity contribution >= 4 is 71.3 Å². The minimum atomic E-state index is 0.909. The molecule has 10 rings (SSSR count). The fraction of sp³-hybridized carbons (Fsp3) is 0. The van der Waals surface area contributed by atoms with Crippen molar-refractivity contribution in [1.82, 2.24) is 0 Å². The molecule has 0 N–H and O–H groups in total. The predicted molar refractivity (Wildman–Crippen MR) is 212 cm³/mol. The molecule has 0 fully saturated rings. The SMILES string of the molecule is c1cc(-c2cccc3ccccc23)cc(N(c2ccc(-c3cccc4c3oc3ccccc34)cc2)c2cc3ccccc3c3ccccc23)c1. The van der Waals surface area contributed by atoms with E-state index in [-0.39, 0.29) is 0 Å². The third-order valence-corrected chi connectivity index (χ3v) is 10.0. The van der Waals surface area contributed by atoms with Crippen LogP contribution in [-0.4, -0.2) is 0 Å². The van der Waals surface area contributed by atoms with Gasteiger partial charge in [0.25, 0.3) is 0 Å². The molecule has 0 aliphatic rings. The van der Waals surface area contributed by atoms with Gasteiger partial charge >= 0.3 is 0 Å². The molecule has 0 amide bonds. The number of hydrogen-bond acceptors (Lipinski definition) is 2. The fourth-order valence-electron chi connectivity index (χ4n) is 7.70. The molecule has 2 heteroatoms. The highest BCUT2D eigenvalue weighted by Crippen LogP contribution is 2.44. The fourth-order valence-corrected chi connectivity index (χ4v) is 7.70. The summed E-state index contributed by atoms with van der Waals surface area (Å²) in [5, 5.41) is 9.68. The van der Waals surface area contributed by atoms with E-state index in [1.54, 1.807) is 0 Å². The Morgan fingerprint density at radius 2 is 0.960 bits per heavy atom. The molecule has 10 aromatic rings. The molecule has 0 radical (unpaired) electrons. The molecule has 0 saturated carbocycles. The number of nitrogens with zero attached hydrogens (tertiary/aromatic N) is 1. The van der Waals surface area contributed by atoms with Crippen molar-refractivity contribution in [2.45, 2.75) is 0 Å². The van der Waals surface area contributed by atoms with Crippen molar-refractivity contribution in [3.8, 4) is 22.3 Å². The van der Waals surface area contributed by atoms with Crippen LogP contribution in [0.15, 0.2) is 192 Å². The number of rotatable bonds is 5. The lowest BCUT2D eigenvalue weighted by Gasteiger charge is -2.28. The highest BCUT2D eigenvalue weighted by Gasteiger charge is 2.19. The van der Waals surface area contributed by atoms with E-state index in [9.17, 15) is 0 Å². The van der Waals surface area contributed by atoms with Gasteiger partial charge in [-0.1, -0.05) is 152 Å². The van der Waals surface area contributed by atoms with E-state index < -0.39 is 0 Å². The van der Waals surface area contributed by atoms with E-state index in [0.29, 0.717) is 0 Å². The van der Waals surface area contributed by atoms with Crippen molar-refractivity contribution < 1.29 is 4.42 Å². The third kappa shape index (κ3) is 4.57. The van der Waals surface area contributed by atoms with Crippen LogP contribution in [0.25, 0.3) is 76.5 Å². The topological polar surface area (TPSA) is 16.4 Å². The summed E-state index contributed by atoms with van der Waals surface area (Å²) in [5.41, 5.74) is 9.77. The Hall–Kier alpha value is -6.64. The predicted octanol–water partition coefficient (Wildman–Crippen LogP) is 13.8. The number of hydrogen-bond donors (Lipinski definition) is 0. The zero-order chi connectivity index (χ0) is 33.0. The first kappa shape index (κ1) is 28.4. The van der Waals surface area contributed by atoms with Gasteiger partial charge in [-0.15, -0.1) is 0 Å². The number of anilines is 3. The van der Waals surface area contributed by atoms with Crippen LogP contribution in [0.2, 0.25) is 0 Å².